The third-order valence-corrected chi connectivity index (χ3v) is 7.19. The van der Waals surface area contributed by atoms with Crippen molar-refractivity contribution in [2.24, 2.45) is 17.6 Å². The second-order valence-corrected chi connectivity index (χ2v) is 8.78. The molecule has 2 aliphatic rings. The zero-order valence-corrected chi connectivity index (χ0v) is 12.7. The van der Waals surface area contributed by atoms with Crippen molar-refractivity contribution in [1.29, 1.82) is 0 Å². The minimum Gasteiger partial charge on any atom is -0.326 e. The quantitative estimate of drug-likeness (QED) is 0.844. The van der Waals surface area contributed by atoms with E-state index >= 15 is 0 Å². The molecule has 1 aromatic rings. The minimum absolute atomic E-state index is 0.161. The maximum Gasteiger partial charge on any atom is 0.250 e. The maximum atomic E-state index is 12.4. The summed E-state index contributed by atoms with van der Waals surface area (Å²) in [7, 11) is -3.37. The molecule has 2 saturated carbocycles. The summed E-state index contributed by atoms with van der Waals surface area (Å²) in [5, 5.41) is 0. The fraction of sp³-hybridized carbons (Fsp3) is 0.692. The van der Waals surface area contributed by atoms with Crippen LogP contribution in [0.25, 0.3) is 0 Å². The van der Waals surface area contributed by atoms with E-state index in [1.165, 1.54) is 37.0 Å². The molecule has 0 aromatic carbocycles. The van der Waals surface area contributed by atoms with Crippen LogP contribution >= 0.6 is 11.3 Å². The Hall–Kier alpha value is -0.430. The Morgan fingerprint density at radius 3 is 2.37 bits per heavy atom. The van der Waals surface area contributed by atoms with Crippen LogP contribution in [-0.4, -0.2) is 14.5 Å². The average Bonchev–Trinajstić information content (AvgIpc) is 3.24. The number of sulfonamides is 1. The molecule has 6 heteroatoms. The predicted octanol–water partition coefficient (Wildman–Crippen LogP) is 1.98. The average molecular weight is 300 g/mol. The lowest BCUT2D eigenvalue weighted by molar-refractivity contribution is 0.472. The van der Waals surface area contributed by atoms with E-state index in [-0.39, 0.29) is 6.04 Å². The van der Waals surface area contributed by atoms with Crippen molar-refractivity contribution < 1.29 is 8.42 Å². The highest BCUT2D eigenvalue weighted by atomic mass is 32.2. The first kappa shape index (κ1) is 13.5. The summed E-state index contributed by atoms with van der Waals surface area (Å²) in [6.45, 7) is 2.32. The van der Waals surface area contributed by atoms with Gasteiger partial charge in [0.15, 0.2) is 0 Å². The van der Waals surface area contributed by atoms with Crippen molar-refractivity contribution in [3.05, 3.63) is 16.5 Å². The van der Waals surface area contributed by atoms with E-state index in [0.29, 0.717) is 22.6 Å². The number of rotatable bonds is 6. The summed E-state index contributed by atoms with van der Waals surface area (Å²) in [6, 6.07) is 1.90. The summed E-state index contributed by atoms with van der Waals surface area (Å²) >= 11 is 1.30. The molecular formula is C13H20N2O2S2. The van der Waals surface area contributed by atoms with Gasteiger partial charge in [0.05, 0.1) is 0 Å². The monoisotopic (exact) mass is 300 g/mol. The van der Waals surface area contributed by atoms with Crippen LogP contribution in [0.2, 0.25) is 0 Å². The van der Waals surface area contributed by atoms with Gasteiger partial charge in [-0.1, -0.05) is 0 Å². The summed E-state index contributed by atoms with van der Waals surface area (Å²) in [5.74, 6) is 1.13. The third-order valence-electron chi connectivity index (χ3n) is 4.00. The molecule has 4 nitrogen and oxygen atoms in total. The molecule has 0 aliphatic heterocycles. The Labute approximate surface area is 118 Å². The summed E-state index contributed by atoms with van der Waals surface area (Å²) in [5.41, 5.74) is 6.59. The SMILES string of the molecule is Cc1cc(S(=O)(=O)NC(C2CC2)C2CC2)sc1CN. The van der Waals surface area contributed by atoms with Gasteiger partial charge in [-0.2, -0.15) is 0 Å². The van der Waals surface area contributed by atoms with Gasteiger partial charge in [-0.15, -0.1) is 11.3 Å². The molecule has 2 aliphatic carbocycles. The minimum atomic E-state index is -3.37. The number of hydrogen-bond donors (Lipinski definition) is 2. The molecule has 1 heterocycles. The van der Waals surface area contributed by atoms with Crippen molar-refractivity contribution >= 4 is 21.4 Å². The van der Waals surface area contributed by atoms with Gasteiger partial charge in [-0.05, 0) is 56.1 Å². The standard InChI is InChI=1S/C13H20N2O2S2/c1-8-6-12(18-11(8)7-14)19(16,17)15-13(9-2-3-9)10-4-5-10/h6,9-10,13,15H,2-5,7,14H2,1H3. The molecule has 0 bridgehead atoms. The van der Waals surface area contributed by atoms with Gasteiger partial charge < -0.3 is 5.73 Å². The largest absolute Gasteiger partial charge is 0.326 e. The van der Waals surface area contributed by atoms with E-state index < -0.39 is 10.0 Å². The van der Waals surface area contributed by atoms with Gasteiger partial charge in [-0.25, -0.2) is 13.1 Å². The molecule has 0 radical (unpaired) electrons. The maximum absolute atomic E-state index is 12.4. The highest BCUT2D eigenvalue weighted by Gasteiger charge is 2.43. The topological polar surface area (TPSA) is 72.2 Å². The Kier molecular flexibility index (Phi) is 3.45. The fourth-order valence-electron chi connectivity index (χ4n) is 2.55. The van der Waals surface area contributed by atoms with Gasteiger partial charge >= 0.3 is 0 Å². The van der Waals surface area contributed by atoms with Crippen LogP contribution in [0.1, 0.15) is 36.1 Å². The van der Waals surface area contributed by atoms with Gasteiger partial charge in [0.1, 0.15) is 4.21 Å². The van der Waals surface area contributed by atoms with Crippen LogP contribution in [0.5, 0.6) is 0 Å². The molecule has 0 unspecified atom stereocenters. The highest BCUT2D eigenvalue weighted by molar-refractivity contribution is 7.91. The molecule has 0 atom stereocenters. The second-order valence-electron chi connectivity index (χ2n) is 5.70. The zero-order chi connectivity index (χ0) is 13.6. The van der Waals surface area contributed by atoms with E-state index in [1.807, 2.05) is 6.92 Å². The van der Waals surface area contributed by atoms with Crippen molar-refractivity contribution in [2.75, 3.05) is 0 Å². The smallest absolute Gasteiger partial charge is 0.250 e. The Morgan fingerprint density at radius 2 is 1.95 bits per heavy atom. The van der Waals surface area contributed by atoms with E-state index in [0.717, 1.165) is 10.4 Å². The van der Waals surface area contributed by atoms with Crippen LogP contribution in [0.15, 0.2) is 10.3 Å². The molecule has 0 saturated heterocycles. The van der Waals surface area contributed by atoms with Crippen LogP contribution in [0.3, 0.4) is 0 Å². The van der Waals surface area contributed by atoms with Gasteiger partial charge in [0.2, 0.25) is 10.0 Å². The second kappa shape index (κ2) is 4.84. The zero-order valence-electron chi connectivity index (χ0n) is 11.1. The van der Waals surface area contributed by atoms with Gasteiger partial charge in [-0.3, -0.25) is 0 Å². The Balaban J connectivity index is 1.80. The molecule has 1 aromatic heterocycles. The molecule has 3 rings (SSSR count). The van der Waals surface area contributed by atoms with Crippen molar-refractivity contribution in [1.82, 2.24) is 4.72 Å². The number of aryl methyl sites for hydroxylation is 1. The first-order chi connectivity index (χ1) is 9.01. The van der Waals surface area contributed by atoms with Gasteiger partial charge in [0, 0.05) is 17.5 Å². The summed E-state index contributed by atoms with van der Waals surface area (Å²) in [4.78, 5) is 0.953. The van der Waals surface area contributed by atoms with E-state index in [1.54, 1.807) is 6.07 Å². The summed E-state index contributed by atoms with van der Waals surface area (Å²) < 4.78 is 28.2. The fourth-order valence-corrected chi connectivity index (χ4v) is 5.41. The van der Waals surface area contributed by atoms with Crippen LogP contribution in [0.4, 0.5) is 0 Å². The molecular weight excluding hydrogens is 280 g/mol. The molecule has 19 heavy (non-hydrogen) atoms. The molecule has 0 amide bonds. The van der Waals surface area contributed by atoms with Crippen LogP contribution in [-0.2, 0) is 16.6 Å². The number of hydrogen-bond acceptors (Lipinski definition) is 4. The molecule has 2 fully saturated rings. The van der Waals surface area contributed by atoms with E-state index in [2.05, 4.69) is 4.72 Å². The summed E-state index contributed by atoms with van der Waals surface area (Å²) in [6.07, 6.45) is 4.67. The van der Waals surface area contributed by atoms with Crippen LogP contribution < -0.4 is 10.5 Å². The molecule has 3 N–H and O–H groups in total. The lowest BCUT2D eigenvalue weighted by Gasteiger charge is -2.16. The van der Waals surface area contributed by atoms with E-state index in [4.69, 9.17) is 5.73 Å². The Morgan fingerprint density at radius 1 is 1.37 bits per heavy atom. The number of nitrogens with two attached hydrogens (primary N) is 1. The van der Waals surface area contributed by atoms with E-state index in [9.17, 15) is 8.42 Å². The predicted molar refractivity (Wildman–Crippen MR) is 76.5 cm³/mol. The first-order valence-electron chi connectivity index (χ1n) is 6.83. The first-order valence-corrected chi connectivity index (χ1v) is 9.13. The number of nitrogens with one attached hydrogen (secondary N) is 1. The normalized spacial score (nSPS) is 20.2. The lowest BCUT2D eigenvalue weighted by atomic mass is 10.1. The van der Waals surface area contributed by atoms with Crippen LogP contribution in [0, 0.1) is 18.8 Å². The van der Waals surface area contributed by atoms with Crippen molar-refractivity contribution in [2.45, 2.75) is 49.4 Å². The van der Waals surface area contributed by atoms with Crippen molar-refractivity contribution in [3.63, 3.8) is 0 Å². The Bertz CT molecular complexity index is 559. The highest BCUT2D eigenvalue weighted by Crippen LogP contribution is 2.45. The van der Waals surface area contributed by atoms with Gasteiger partial charge in [0.25, 0.3) is 0 Å². The molecule has 106 valence electrons. The third kappa shape index (κ3) is 2.86. The molecule has 0 spiro atoms. The number of thiophene rings is 1. The van der Waals surface area contributed by atoms with Crippen molar-refractivity contribution in [3.8, 4) is 0 Å². The lowest BCUT2D eigenvalue weighted by Crippen LogP contribution is -2.37.